The lowest BCUT2D eigenvalue weighted by Gasteiger charge is -2.33. The molecule has 0 N–H and O–H groups in total. The molecular formula is C15H20N2O5S. The smallest absolute Gasteiger partial charge is 0.317 e. The molecule has 0 atom stereocenters. The summed E-state index contributed by atoms with van der Waals surface area (Å²) in [6.07, 6.45) is 3.13. The number of ether oxygens (including phenoxy) is 1. The predicted molar refractivity (Wildman–Crippen MR) is 88.9 cm³/mol. The van der Waals surface area contributed by atoms with Gasteiger partial charge in [0.25, 0.3) is 0 Å². The van der Waals surface area contributed by atoms with E-state index >= 15 is 0 Å². The summed E-state index contributed by atoms with van der Waals surface area (Å²) in [4.78, 5) is 23.8. The third-order valence-corrected chi connectivity index (χ3v) is 4.40. The number of rotatable bonds is 6. The highest BCUT2D eigenvalue weighted by molar-refractivity contribution is 7.75. The van der Waals surface area contributed by atoms with Crippen molar-refractivity contribution in [1.29, 1.82) is 0 Å². The van der Waals surface area contributed by atoms with Gasteiger partial charge >= 0.3 is 11.7 Å². The Morgan fingerprint density at radius 3 is 2.70 bits per heavy atom. The molecular weight excluding hydrogens is 320 g/mol. The minimum absolute atomic E-state index is 0.0311. The number of hydrogen-bond donors (Lipinski definition) is 1. The number of thiol groups is 1. The molecule has 8 heteroatoms. The number of methoxy groups -OCH3 is 1. The number of hydrogen-bond acceptors (Lipinski definition) is 7. The number of piperidine rings is 1. The molecule has 7 nitrogen and oxygen atoms in total. The molecule has 126 valence electrons. The molecule has 1 fully saturated rings. The number of nitro groups is 1. The Morgan fingerprint density at radius 2 is 2.13 bits per heavy atom. The van der Waals surface area contributed by atoms with Gasteiger partial charge in [-0.25, -0.2) is 0 Å². The van der Waals surface area contributed by atoms with Gasteiger partial charge in [0, 0.05) is 50.2 Å². The Kier molecular flexibility index (Phi) is 6.09. The molecule has 0 aromatic heterocycles. The standard InChI is InChI=1S/C15H20N2O5S/c1-21-14-10-12(3-4-13(14)17(19)20)16-8-6-11(7-9-16)2-5-15(18)22-23/h3-4,10-11,23H,2,5-9H2,1H3. The van der Waals surface area contributed by atoms with Crippen molar-refractivity contribution in [2.75, 3.05) is 25.1 Å². The molecule has 0 spiro atoms. The van der Waals surface area contributed by atoms with E-state index in [1.165, 1.54) is 13.2 Å². The molecule has 0 unspecified atom stereocenters. The minimum atomic E-state index is -0.449. The highest BCUT2D eigenvalue weighted by atomic mass is 32.1. The van der Waals surface area contributed by atoms with Crippen molar-refractivity contribution in [3.05, 3.63) is 28.3 Å². The SMILES string of the molecule is COc1cc(N2CCC(CCC(=O)OS)CC2)ccc1[N+](=O)[O-]. The van der Waals surface area contributed by atoms with Crippen LogP contribution in [0.2, 0.25) is 0 Å². The van der Waals surface area contributed by atoms with E-state index in [1.807, 2.05) is 0 Å². The number of benzene rings is 1. The number of carbonyl (C=O) groups excluding carboxylic acids is 1. The molecule has 1 aliphatic heterocycles. The summed E-state index contributed by atoms with van der Waals surface area (Å²) in [5.41, 5.74) is 0.886. The molecule has 2 rings (SSSR count). The number of nitro benzene ring substituents is 1. The second-order valence-corrected chi connectivity index (χ2v) is 5.73. The predicted octanol–water partition coefficient (Wildman–Crippen LogP) is 2.99. The van der Waals surface area contributed by atoms with Crippen molar-refractivity contribution < 1.29 is 18.6 Å². The van der Waals surface area contributed by atoms with Gasteiger partial charge in [-0.1, -0.05) is 0 Å². The summed E-state index contributed by atoms with van der Waals surface area (Å²) >= 11 is 3.50. The van der Waals surface area contributed by atoms with Crippen molar-refractivity contribution in [3.8, 4) is 5.75 Å². The lowest BCUT2D eigenvalue weighted by Crippen LogP contribution is -2.33. The third kappa shape index (κ3) is 4.51. The number of carbonyl (C=O) groups is 1. The Hall–Kier alpha value is -1.96. The van der Waals surface area contributed by atoms with Crippen molar-refractivity contribution in [1.82, 2.24) is 0 Å². The Labute approximate surface area is 140 Å². The van der Waals surface area contributed by atoms with Crippen LogP contribution in [0.15, 0.2) is 18.2 Å². The summed E-state index contributed by atoms with van der Waals surface area (Å²) in [5.74, 6) is 0.459. The maximum Gasteiger partial charge on any atom is 0.317 e. The van der Waals surface area contributed by atoms with E-state index in [0.717, 1.165) is 38.0 Å². The number of nitrogens with zero attached hydrogens (tertiary/aromatic N) is 2. The van der Waals surface area contributed by atoms with E-state index in [4.69, 9.17) is 4.74 Å². The van der Waals surface area contributed by atoms with E-state index in [1.54, 1.807) is 12.1 Å². The lowest BCUT2D eigenvalue weighted by molar-refractivity contribution is -0.385. The van der Waals surface area contributed by atoms with Gasteiger partial charge in [-0.05, 0) is 31.2 Å². The zero-order chi connectivity index (χ0) is 16.8. The van der Waals surface area contributed by atoms with Gasteiger partial charge in [0.15, 0.2) is 5.75 Å². The first-order valence-corrected chi connectivity index (χ1v) is 7.83. The van der Waals surface area contributed by atoms with Crippen LogP contribution < -0.4 is 9.64 Å². The van der Waals surface area contributed by atoms with E-state index in [2.05, 4.69) is 22.0 Å². The fourth-order valence-corrected chi connectivity index (χ4v) is 2.95. The molecule has 23 heavy (non-hydrogen) atoms. The minimum Gasteiger partial charge on any atom is -0.490 e. The Balaban J connectivity index is 1.95. The van der Waals surface area contributed by atoms with Crippen LogP contribution in [0.1, 0.15) is 25.7 Å². The van der Waals surface area contributed by atoms with Crippen LogP contribution in [0.3, 0.4) is 0 Å². The Morgan fingerprint density at radius 1 is 1.43 bits per heavy atom. The highest BCUT2D eigenvalue weighted by Gasteiger charge is 2.22. The van der Waals surface area contributed by atoms with E-state index < -0.39 is 4.92 Å². The first kappa shape index (κ1) is 17.4. The summed E-state index contributed by atoms with van der Waals surface area (Å²) in [5, 5.41) is 10.9. The monoisotopic (exact) mass is 340 g/mol. The molecule has 1 heterocycles. The van der Waals surface area contributed by atoms with Gasteiger partial charge in [0.1, 0.15) is 0 Å². The van der Waals surface area contributed by atoms with E-state index in [9.17, 15) is 14.9 Å². The topological polar surface area (TPSA) is 81.9 Å². The van der Waals surface area contributed by atoms with Crippen molar-refractivity contribution in [2.45, 2.75) is 25.7 Å². The van der Waals surface area contributed by atoms with Gasteiger partial charge in [0.2, 0.25) is 0 Å². The van der Waals surface area contributed by atoms with Gasteiger partial charge < -0.3 is 13.8 Å². The van der Waals surface area contributed by atoms with Gasteiger partial charge in [0.05, 0.1) is 12.0 Å². The summed E-state index contributed by atoms with van der Waals surface area (Å²) in [6.45, 7) is 1.70. The first-order valence-electron chi connectivity index (χ1n) is 7.46. The van der Waals surface area contributed by atoms with Gasteiger partial charge in [-0.15, -0.1) is 0 Å². The summed E-state index contributed by atoms with van der Waals surface area (Å²) < 4.78 is 9.47. The summed E-state index contributed by atoms with van der Waals surface area (Å²) in [7, 11) is 1.43. The second-order valence-electron chi connectivity index (χ2n) is 5.55. The largest absolute Gasteiger partial charge is 0.490 e. The zero-order valence-electron chi connectivity index (χ0n) is 12.9. The molecule has 1 saturated heterocycles. The first-order chi connectivity index (χ1) is 11.0. The normalized spacial score (nSPS) is 15.3. The van der Waals surface area contributed by atoms with Crippen LogP contribution in [-0.2, 0) is 8.98 Å². The van der Waals surface area contributed by atoms with Crippen molar-refractivity contribution >= 4 is 30.3 Å². The maximum atomic E-state index is 11.1. The molecule has 1 aliphatic rings. The molecule has 1 aromatic rings. The average molecular weight is 340 g/mol. The maximum absolute atomic E-state index is 11.1. The zero-order valence-corrected chi connectivity index (χ0v) is 13.8. The van der Waals surface area contributed by atoms with Crippen LogP contribution in [0, 0.1) is 16.0 Å². The average Bonchev–Trinajstić information content (AvgIpc) is 2.59. The fourth-order valence-electron chi connectivity index (χ4n) is 2.86. The van der Waals surface area contributed by atoms with Crippen LogP contribution in [0.5, 0.6) is 5.75 Å². The second kappa shape index (κ2) is 8.05. The molecule has 1 aromatic carbocycles. The van der Waals surface area contributed by atoms with Crippen LogP contribution in [0.4, 0.5) is 11.4 Å². The Bertz CT molecular complexity index is 573. The molecule has 0 bridgehead atoms. The van der Waals surface area contributed by atoms with Crippen LogP contribution in [0.25, 0.3) is 0 Å². The third-order valence-electron chi connectivity index (χ3n) is 4.20. The van der Waals surface area contributed by atoms with E-state index in [0.29, 0.717) is 12.3 Å². The van der Waals surface area contributed by atoms with Crippen LogP contribution >= 0.6 is 12.9 Å². The fraction of sp³-hybridized carbons (Fsp3) is 0.533. The summed E-state index contributed by atoms with van der Waals surface area (Å²) in [6, 6.07) is 4.93. The molecule has 0 aliphatic carbocycles. The molecule has 0 amide bonds. The van der Waals surface area contributed by atoms with Gasteiger partial charge in [-0.2, -0.15) is 0 Å². The van der Waals surface area contributed by atoms with E-state index in [-0.39, 0.29) is 17.4 Å². The van der Waals surface area contributed by atoms with Crippen LogP contribution in [-0.4, -0.2) is 31.1 Å². The molecule has 0 radical (unpaired) electrons. The molecule has 0 saturated carbocycles. The highest BCUT2D eigenvalue weighted by Crippen LogP contribution is 2.33. The van der Waals surface area contributed by atoms with Gasteiger partial charge in [-0.3, -0.25) is 14.9 Å². The lowest BCUT2D eigenvalue weighted by atomic mass is 9.92. The van der Waals surface area contributed by atoms with Crippen molar-refractivity contribution in [2.24, 2.45) is 5.92 Å². The van der Waals surface area contributed by atoms with Crippen molar-refractivity contribution in [3.63, 3.8) is 0 Å². The number of anilines is 1. The quantitative estimate of drug-likeness (QED) is 0.371.